The van der Waals surface area contributed by atoms with Gasteiger partial charge in [-0.25, -0.2) is 0 Å². The van der Waals surface area contributed by atoms with Gasteiger partial charge in [0.25, 0.3) is 0 Å². The number of nitrogens with one attached hydrogen (secondary N) is 1. The average molecular weight is 380 g/mol. The molecule has 0 saturated heterocycles. The predicted octanol–water partition coefficient (Wildman–Crippen LogP) is 3.56. The molecule has 0 saturated carbocycles. The van der Waals surface area contributed by atoms with E-state index in [0.717, 1.165) is 0 Å². The van der Waals surface area contributed by atoms with Crippen LogP contribution in [-0.4, -0.2) is 30.4 Å². The molecule has 2 heterocycles. The highest BCUT2D eigenvalue weighted by Gasteiger charge is 2.18. The van der Waals surface area contributed by atoms with E-state index in [1.807, 2.05) is 0 Å². The smallest absolute Gasteiger partial charge is 0.247 e. The Morgan fingerprint density at radius 1 is 1.07 bits per heavy atom. The van der Waals surface area contributed by atoms with Gasteiger partial charge in [-0.2, -0.15) is 0 Å². The summed E-state index contributed by atoms with van der Waals surface area (Å²) < 4.78 is 15.7. The number of benzene rings is 1. The first kappa shape index (κ1) is 19.0. The van der Waals surface area contributed by atoms with Crippen LogP contribution in [0.4, 0.5) is 5.69 Å². The molecule has 2 aromatic heterocycles. The van der Waals surface area contributed by atoms with Gasteiger partial charge < -0.3 is 23.8 Å². The Kier molecular flexibility index (Phi) is 6.30. The summed E-state index contributed by atoms with van der Waals surface area (Å²) >= 11 is 0. The van der Waals surface area contributed by atoms with Gasteiger partial charge in [0, 0.05) is 6.08 Å². The van der Waals surface area contributed by atoms with Crippen molar-refractivity contribution in [2.75, 3.05) is 19.0 Å². The molecule has 0 aliphatic carbocycles. The van der Waals surface area contributed by atoms with E-state index in [1.165, 1.54) is 30.6 Å². The van der Waals surface area contributed by atoms with Crippen molar-refractivity contribution in [2.45, 2.75) is 6.54 Å². The van der Waals surface area contributed by atoms with E-state index in [0.29, 0.717) is 23.0 Å². The van der Waals surface area contributed by atoms with Crippen LogP contribution in [0.5, 0.6) is 5.75 Å². The number of hydrogen-bond donors (Lipinski definition) is 1. The molecule has 1 aromatic carbocycles. The fourth-order valence-corrected chi connectivity index (χ4v) is 2.56. The summed E-state index contributed by atoms with van der Waals surface area (Å²) in [6.45, 7) is 0.00769. The molecule has 7 nitrogen and oxygen atoms in total. The Morgan fingerprint density at radius 3 is 2.57 bits per heavy atom. The first-order valence-electron chi connectivity index (χ1n) is 8.61. The Bertz CT molecular complexity index is 930. The van der Waals surface area contributed by atoms with Crippen molar-refractivity contribution in [3.63, 3.8) is 0 Å². The largest absolute Gasteiger partial charge is 0.495 e. The van der Waals surface area contributed by atoms with Crippen LogP contribution in [0.1, 0.15) is 11.5 Å². The zero-order valence-electron chi connectivity index (χ0n) is 15.3. The Balaban J connectivity index is 1.70. The first-order chi connectivity index (χ1) is 13.7. The maximum atomic E-state index is 12.6. The molecule has 3 aromatic rings. The molecule has 0 fully saturated rings. The highest BCUT2D eigenvalue weighted by Crippen LogP contribution is 2.23. The minimum atomic E-state index is -0.351. The molecule has 1 N–H and O–H groups in total. The average Bonchev–Trinajstić information content (AvgIpc) is 3.40. The second kappa shape index (κ2) is 9.27. The van der Waals surface area contributed by atoms with E-state index in [-0.39, 0.29) is 24.9 Å². The molecule has 7 heteroatoms. The van der Waals surface area contributed by atoms with Crippen molar-refractivity contribution in [1.29, 1.82) is 0 Å². The Hall–Kier alpha value is -3.74. The molecule has 0 radical (unpaired) electrons. The standard InChI is InChI=1S/C21H20N2O5/c1-26-19-9-3-2-8-18(19)22-20(24)15-23(14-17-7-5-13-28-17)21(25)11-10-16-6-4-12-27-16/h2-13H,14-15H2,1H3,(H,22,24)/b11-10+. The lowest BCUT2D eigenvalue weighted by Crippen LogP contribution is -2.36. The summed E-state index contributed by atoms with van der Waals surface area (Å²) in [7, 11) is 1.52. The third-order valence-corrected chi connectivity index (χ3v) is 3.89. The minimum absolute atomic E-state index is 0.153. The minimum Gasteiger partial charge on any atom is -0.495 e. The fourth-order valence-electron chi connectivity index (χ4n) is 2.56. The van der Waals surface area contributed by atoms with Gasteiger partial charge in [0.2, 0.25) is 11.8 Å². The molecular formula is C21H20N2O5. The number of para-hydroxylation sites is 2. The number of rotatable bonds is 8. The number of carbonyl (C=O) groups is 2. The lowest BCUT2D eigenvalue weighted by Gasteiger charge is -2.20. The Labute approximate surface area is 162 Å². The lowest BCUT2D eigenvalue weighted by molar-refractivity contribution is -0.131. The van der Waals surface area contributed by atoms with E-state index in [1.54, 1.807) is 54.6 Å². The van der Waals surface area contributed by atoms with E-state index >= 15 is 0 Å². The van der Waals surface area contributed by atoms with Gasteiger partial charge in [0.05, 0.1) is 31.9 Å². The van der Waals surface area contributed by atoms with E-state index < -0.39 is 0 Å². The SMILES string of the molecule is COc1ccccc1NC(=O)CN(Cc1ccco1)C(=O)/C=C/c1ccco1. The highest BCUT2D eigenvalue weighted by atomic mass is 16.5. The van der Waals surface area contributed by atoms with Crippen molar-refractivity contribution < 1.29 is 23.2 Å². The number of amides is 2. The van der Waals surface area contributed by atoms with Crippen molar-refractivity contribution in [2.24, 2.45) is 0 Å². The van der Waals surface area contributed by atoms with Gasteiger partial charge in [-0.3, -0.25) is 9.59 Å². The van der Waals surface area contributed by atoms with Gasteiger partial charge in [-0.05, 0) is 42.5 Å². The zero-order chi connectivity index (χ0) is 19.8. The number of ether oxygens (including phenoxy) is 1. The van der Waals surface area contributed by atoms with Crippen LogP contribution in [0.2, 0.25) is 0 Å². The molecule has 0 atom stereocenters. The quantitative estimate of drug-likeness (QED) is 0.604. The second-order valence-electron chi connectivity index (χ2n) is 5.87. The van der Waals surface area contributed by atoms with E-state index in [2.05, 4.69) is 5.32 Å². The van der Waals surface area contributed by atoms with Crippen LogP contribution in [0.25, 0.3) is 6.08 Å². The molecule has 144 valence electrons. The predicted molar refractivity (Wildman–Crippen MR) is 103 cm³/mol. The number of methoxy groups -OCH3 is 1. The topological polar surface area (TPSA) is 84.9 Å². The van der Waals surface area contributed by atoms with Gasteiger partial charge in [0.1, 0.15) is 23.8 Å². The van der Waals surface area contributed by atoms with Crippen LogP contribution in [-0.2, 0) is 16.1 Å². The van der Waals surface area contributed by atoms with Crippen LogP contribution in [0.15, 0.2) is 76.0 Å². The van der Waals surface area contributed by atoms with Crippen molar-refractivity contribution in [3.8, 4) is 5.75 Å². The van der Waals surface area contributed by atoms with Crippen LogP contribution < -0.4 is 10.1 Å². The third kappa shape index (κ3) is 5.14. The van der Waals surface area contributed by atoms with Crippen LogP contribution in [0, 0.1) is 0 Å². The van der Waals surface area contributed by atoms with Gasteiger partial charge >= 0.3 is 0 Å². The fraction of sp³-hybridized carbons (Fsp3) is 0.143. The van der Waals surface area contributed by atoms with Gasteiger partial charge in [0.15, 0.2) is 0 Å². The number of anilines is 1. The molecule has 0 bridgehead atoms. The van der Waals surface area contributed by atoms with E-state index in [9.17, 15) is 9.59 Å². The van der Waals surface area contributed by atoms with Crippen molar-refractivity contribution in [1.82, 2.24) is 4.90 Å². The Morgan fingerprint density at radius 2 is 1.86 bits per heavy atom. The maximum Gasteiger partial charge on any atom is 0.247 e. The first-order valence-corrected chi connectivity index (χ1v) is 8.61. The number of carbonyl (C=O) groups excluding carboxylic acids is 2. The van der Waals surface area contributed by atoms with Crippen LogP contribution >= 0.6 is 0 Å². The molecule has 28 heavy (non-hydrogen) atoms. The lowest BCUT2D eigenvalue weighted by atomic mass is 10.3. The summed E-state index contributed by atoms with van der Waals surface area (Å²) in [5.41, 5.74) is 0.534. The zero-order valence-corrected chi connectivity index (χ0v) is 15.3. The molecule has 0 aliphatic heterocycles. The summed E-state index contributed by atoms with van der Waals surface area (Å²) in [6.07, 6.45) is 5.95. The summed E-state index contributed by atoms with van der Waals surface area (Å²) in [5, 5.41) is 2.77. The summed E-state index contributed by atoms with van der Waals surface area (Å²) in [6, 6.07) is 14.0. The molecule has 0 aliphatic rings. The summed E-state index contributed by atoms with van der Waals surface area (Å²) in [4.78, 5) is 26.5. The monoisotopic (exact) mass is 380 g/mol. The third-order valence-electron chi connectivity index (χ3n) is 3.89. The molecule has 2 amide bonds. The van der Waals surface area contributed by atoms with Crippen molar-refractivity contribution >= 4 is 23.6 Å². The van der Waals surface area contributed by atoms with E-state index in [4.69, 9.17) is 13.6 Å². The normalized spacial score (nSPS) is 10.8. The number of nitrogens with zero attached hydrogens (tertiary/aromatic N) is 1. The number of hydrogen-bond acceptors (Lipinski definition) is 5. The molecular weight excluding hydrogens is 360 g/mol. The number of furan rings is 2. The molecule has 0 unspecified atom stereocenters. The van der Waals surface area contributed by atoms with Gasteiger partial charge in [-0.1, -0.05) is 12.1 Å². The van der Waals surface area contributed by atoms with Crippen LogP contribution in [0.3, 0.4) is 0 Å². The maximum absolute atomic E-state index is 12.6. The van der Waals surface area contributed by atoms with Crippen molar-refractivity contribution in [3.05, 3.63) is 78.7 Å². The molecule has 0 spiro atoms. The van der Waals surface area contributed by atoms with Gasteiger partial charge in [-0.15, -0.1) is 0 Å². The molecule has 3 rings (SSSR count). The highest BCUT2D eigenvalue weighted by molar-refractivity contribution is 5.98. The summed E-state index contributed by atoms with van der Waals surface area (Å²) in [5.74, 6) is 0.964. The second-order valence-corrected chi connectivity index (χ2v) is 5.87.